The molecule has 0 spiro atoms. The molecule has 0 saturated heterocycles. The standard InChI is InChI=1S/C13H17F3N2O/c14-9-7-10(15)12(18-11(9)16)17-8-13(19)5-3-1-2-4-6-13/h7,19H,1-6,8H2,(H,17,18). The molecule has 19 heavy (non-hydrogen) atoms. The van der Waals surface area contributed by atoms with E-state index in [0.29, 0.717) is 18.9 Å². The normalized spacial score (nSPS) is 18.9. The fourth-order valence-corrected chi connectivity index (χ4v) is 2.38. The van der Waals surface area contributed by atoms with Crippen molar-refractivity contribution >= 4 is 5.82 Å². The van der Waals surface area contributed by atoms with Gasteiger partial charge in [0, 0.05) is 12.6 Å². The predicted molar refractivity (Wildman–Crippen MR) is 65.3 cm³/mol. The summed E-state index contributed by atoms with van der Waals surface area (Å²) < 4.78 is 39.0. The van der Waals surface area contributed by atoms with Crippen molar-refractivity contribution < 1.29 is 18.3 Å². The van der Waals surface area contributed by atoms with Gasteiger partial charge >= 0.3 is 0 Å². The van der Waals surface area contributed by atoms with Crippen molar-refractivity contribution in [3.63, 3.8) is 0 Å². The first-order valence-electron chi connectivity index (χ1n) is 6.48. The van der Waals surface area contributed by atoms with Crippen molar-refractivity contribution in [2.45, 2.75) is 44.1 Å². The minimum atomic E-state index is -1.35. The lowest BCUT2D eigenvalue weighted by atomic mass is 9.94. The van der Waals surface area contributed by atoms with E-state index in [2.05, 4.69) is 10.3 Å². The molecule has 106 valence electrons. The van der Waals surface area contributed by atoms with Crippen LogP contribution in [-0.4, -0.2) is 22.2 Å². The van der Waals surface area contributed by atoms with E-state index in [1.807, 2.05) is 0 Å². The summed E-state index contributed by atoms with van der Waals surface area (Å²) >= 11 is 0. The molecule has 1 aromatic heterocycles. The van der Waals surface area contributed by atoms with E-state index in [9.17, 15) is 18.3 Å². The Morgan fingerprint density at radius 2 is 1.74 bits per heavy atom. The van der Waals surface area contributed by atoms with Crippen LogP contribution in [0.2, 0.25) is 0 Å². The van der Waals surface area contributed by atoms with Gasteiger partial charge < -0.3 is 10.4 Å². The number of aliphatic hydroxyl groups is 1. The fourth-order valence-electron chi connectivity index (χ4n) is 2.38. The maximum atomic E-state index is 13.4. The third-order valence-electron chi connectivity index (χ3n) is 3.51. The topological polar surface area (TPSA) is 45.1 Å². The molecule has 1 aromatic rings. The first kappa shape index (κ1) is 14.1. The van der Waals surface area contributed by atoms with E-state index < -0.39 is 23.2 Å². The van der Waals surface area contributed by atoms with Crippen LogP contribution >= 0.6 is 0 Å². The molecule has 1 heterocycles. The second kappa shape index (κ2) is 5.77. The van der Waals surface area contributed by atoms with Crippen LogP contribution in [0.1, 0.15) is 38.5 Å². The predicted octanol–water partition coefficient (Wildman–Crippen LogP) is 3.00. The number of nitrogens with one attached hydrogen (secondary N) is 1. The molecule has 0 bridgehead atoms. The van der Waals surface area contributed by atoms with Crippen LogP contribution in [0.5, 0.6) is 0 Å². The van der Waals surface area contributed by atoms with Gasteiger partial charge in [-0.25, -0.2) is 8.78 Å². The summed E-state index contributed by atoms with van der Waals surface area (Å²) in [5.41, 5.74) is -0.935. The Morgan fingerprint density at radius 3 is 2.37 bits per heavy atom. The van der Waals surface area contributed by atoms with Crippen LogP contribution in [0.15, 0.2) is 6.07 Å². The molecule has 1 fully saturated rings. The molecular formula is C13H17F3N2O. The second-order valence-electron chi connectivity index (χ2n) is 5.08. The monoisotopic (exact) mass is 274 g/mol. The van der Waals surface area contributed by atoms with Gasteiger partial charge in [0.05, 0.1) is 5.60 Å². The maximum Gasteiger partial charge on any atom is 0.251 e. The highest BCUT2D eigenvalue weighted by atomic mass is 19.2. The lowest BCUT2D eigenvalue weighted by molar-refractivity contribution is 0.0380. The molecule has 2 N–H and O–H groups in total. The molecule has 0 atom stereocenters. The van der Waals surface area contributed by atoms with E-state index in [4.69, 9.17) is 0 Å². The number of hydrogen-bond acceptors (Lipinski definition) is 3. The maximum absolute atomic E-state index is 13.4. The van der Waals surface area contributed by atoms with E-state index >= 15 is 0 Å². The zero-order valence-electron chi connectivity index (χ0n) is 10.6. The molecule has 0 amide bonds. The number of anilines is 1. The van der Waals surface area contributed by atoms with Gasteiger partial charge in [0.2, 0.25) is 0 Å². The molecule has 6 heteroatoms. The van der Waals surface area contributed by atoms with E-state index in [1.54, 1.807) is 0 Å². The molecule has 0 aromatic carbocycles. The summed E-state index contributed by atoms with van der Waals surface area (Å²) in [5, 5.41) is 12.9. The molecule has 2 rings (SSSR count). The largest absolute Gasteiger partial charge is 0.388 e. The summed E-state index contributed by atoms with van der Waals surface area (Å²) in [6, 6.07) is 0.446. The van der Waals surface area contributed by atoms with Crippen molar-refractivity contribution in [2.24, 2.45) is 0 Å². The number of pyridine rings is 1. The van der Waals surface area contributed by atoms with E-state index in [-0.39, 0.29) is 12.4 Å². The smallest absolute Gasteiger partial charge is 0.251 e. The highest BCUT2D eigenvalue weighted by Gasteiger charge is 2.28. The second-order valence-corrected chi connectivity index (χ2v) is 5.08. The Labute approximate surface area is 109 Å². The minimum Gasteiger partial charge on any atom is -0.388 e. The van der Waals surface area contributed by atoms with Gasteiger partial charge in [-0.15, -0.1) is 0 Å². The van der Waals surface area contributed by atoms with Crippen molar-refractivity contribution in [1.29, 1.82) is 0 Å². The van der Waals surface area contributed by atoms with E-state index in [1.165, 1.54) is 0 Å². The van der Waals surface area contributed by atoms with Crippen LogP contribution in [-0.2, 0) is 0 Å². The molecule has 0 radical (unpaired) electrons. The minimum absolute atomic E-state index is 0.0853. The molecule has 1 aliphatic carbocycles. The first-order valence-corrected chi connectivity index (χ1v) is 6.48. The Hall–Kier alpha value is -1.30. The van der Waals surface area contributed by atoms with Gasteiger partial charge in [0.25, 0.3) is 5.95 Å². The van der Waals surface area contributed by atoms with Crippen molar-refractivity contribution in [3.8, 4) is 0 Å². The third kappa shape index (κ3) is 3.59. The molecule has 1 saturated carbocycles. The Balaban J connectivity index is 2.03. The number of aromatic nitrogens is 1. The van der Waals surface area contributed by atoms with Crippen LogP contribution in [0.25, 0.3) is 0 Å². The summed E-state index contributed by atoms with van der Waals surface area (Å²) in [7, 11) is 0. The summed E-state index contributed by atoms with van der Waals surface area (Å²) in [6.07, 6.45) is 5.19. The molecule has 3 nitrogen and oxygen atoms in total. The van der Waals surface area contributed by atoms with Gasteiger partial charge in [0.15, 0.2) is 17.5 Å². The zero-order chi connectivity index (χ0) is 13.9. The van der Waals surface area contributed by atoms with Crippen LogP contribution in [0.4, 0.5) is 19.0 Å². The quantitative estimate of drug-likeness (QED) is 0.658. The van der Waals surface area contributed by atoms with Crippen LogP contribution in [0, 0.1) is 17.6 Å². The van der Waals surface area contributed by atoms with E-state index in [0.717, 1.165) is 25.7 Å². The van der Waals surface area contributed by atoms with Crippen molar-refractivity contribution in [3.05, 3.63) is 23.6 Å². The van der Waals surface area contributed by atoms with Gasteiger partial charge in [0.1, 0.15) is 0 Å². The number of rotatable bonds is 3. The average Bonchev–Trinajstić information content (AvgIpc) is 2.58. The van der Waals surface area contributed by atoms with Gasteiger partial charge in [-0.1, -0.05) is 25.7 Å². The number of halogens is 3. The summed E-state index contributed by atoms with van der Waals surface area (Å²) in [5.74, 6) is -4.00. The van der Waals surface area contributed by atoms with Crippen molar-refractivity contribution in [2.75, 3.05) is 11.9 Å². The van der Waals surface area contributed by atoms with Gasteiger partial charge in [-0.3, -0.25) is 0 Å². The molecular weight excluding hydrogens is 257 g/mol. The lowest BCUT2D eigenvalue weighted by Gasteiger charge is -2.27. The van der Waals surface area contributed by atoms with Crippen molar-refractivity contribution in [1.82, 2.24) is 4.98 Å². The number of nitrogens with zero attached hydrogens (tertiary/aromatic N) is 1. The third-order valence-corrected chi connectivity index (χ3v) is 3.51. The summed E-state index contributed by atoms with van der Waals surface area (Å²) in [6.45, 7) is 0.0853. The highest BCUT2D eigenvalue weighted by molar-refractivity contribution is 5.36. The Bertz CT molecular complexity index is 446. The lowest BCUT2D eigenvalue weighted by Crippen LogP contribution is -2.36. The van der Waals surface area contributed by atoms with Gasteiger partial charge in [-0.05, 0) is 12.8 Å². The van der Waals surface area contributed by atoms with Gasteiger partial charge in [-0.2, -0.15) is 9.37 Å². The highest BCUT2D eigenvalue weighted by Crippen LogP contribution is 2.27. The average molecular weight is 274 g/mol. The number of hydrogen-bond donors (Lipinski definition) is 2. The first-order chi connectivity index (χ1) is 9.00. The molecule has 0 unspecified atom stereocenters. The fraction of sp³-hybridized carbons (Fsp3) is 0.615. The summed E-state index contributed by atoms with van der Waals surface area (Å²) in [4.78, 5) is 3.17. The molecule has 1 aliphatic rings. The Kier molecular flexibility index (Phi) is 4.29. The Morgan fingerprint density at radius 1 is 1.11 bits per heavy atom. The molecule has 0 aliphatic heterocycles. The SMILES string of the molecule is OC1(CNc2nc(F)c(F)cc2F)CCCCCC1. The van der Waals surface area contributed by atoms with Crippen LogP contribution in [0.3, 0.4) is 0 Å². The van der Waals surface area contributed by atoms with Crippen LogP contribution < -0.4 is 5.32 Å². The zero-order valence-corrected chi connectivity index (χ0v) is 10.6.